The van der Waals surface area contributed by atoms with Gasteiger partial charge in [-0.05, 0) is 37.3 Å². The molecule has 2 aliphatic rings. The number of urea groups is 1. The molecular weight excluding hydrogens is 461 g/mol. The lowest BCUT2D eigenvalue weighted by Crippen LogP contribution is -2.63. The minimum absolute atomic E-state index is 0.0772. The summed E-state index contributed by atoms with van der Waals surface area (Å²) in [4.78, 5) is 30.0. The number of ether oxygens (including phenoxy) is 2. The summed E-state index contributed by atoms with van der Waals surface area (Å²) in [5.41, 5.74) is 0.491. The van der Waals surface area contributed by atoms with Crippen LogP contribution in [0.4, 0.5) is 14.9 Å². The second kappa shape index (κ2) is 9.89. The molecule has 2 aliphatic heterocycles. The third-order valence-electron chi connectivity index (χ3n) is 6.70. The molecule has 0 saturated carbocycles. The molecule has 0 bridgehead atoms. The Labute approximate surface area is 209 Å². The molecule has 0 atom stereocenters. The van der Waals surface area contributed by atoms with Crippen LogP contribution in [0.15, 0.2) is 72.8 Å². The average molecular weight is 490 g/mol. The maximum atomic E-state index is 14.5. The van der Waals surface area contributed by atoms with E-state index in [9.17, 15) is 14.0 Å². The van der Waals surface area contributed by atoms with Gasteiger partial charge in [0.1, 0.15) is 17.3 Å². The highest BCUT2D eigenvalue weighted by atomic mass is 19.1. The monoisotopic (exact) mass is 489 g/mol. The van der Waals surface area contributed by atoms with E-state index in [4.69, 9.17) is 9.47 Å². The number of anilines is 1. The second-order valence-corrected chi connectivity index (χ2v) is 8.87. The molecule has 2 heterocycles. The zero-order valence-corrected chi connectivity index (χ0v) is 20.1. The summed E-state index contributed by atoms with van der Waals surface area (Å²) < 4.78 is 26.6. The molecule has 1 saturated heterocycles. The molecule has 0 aromatic heterocycles. The second-order valence-electron chi connectivity index (χ2n) is 8.87. The first-order chi connectivity index (χ1) is 17.5. The topological polar surface area (TPSA) is 71.1 Å². The Hall–Kier alpha value is -4.07. The molecule has 1 spiro atoms. The van der Waals surface area contributed by atoms with E-state index in [0.717, 1.165) is 0 Å². The van der Waals surface area contributed by atoms with Crippen LogP contribution >= 0.6 is 0 Å². The third kappa shape index (κ3) is 4.46. The number of nitrogens with one attached hydrogen (secondary N) is 1. The van der Waals surface area contributed by atoms with Crippen LogP contribution in [-0.2, 0) is 6.54 Å². The Morgan fingerprint density at radius 1 is 1.03 bits per heavy atom. The molecule has 3 aromatic carbocycles. The molecule has 186 valence electrons. The number of benzene rings is 3. The van der Waals surface area contributed by atoms with Gasteiger partial charge >= 0.3 is 6.03 Å². The van der Waals surface area contributed by atoms with Crippen molar-refractivity contribution in [2.24, 2.45) is 0 Å². The van der Waals surface area contributed by atoms with Gasteiger partial charge < -0.3 is 19.7 Å². The maximum absolute atomic E-state index is 14.5. The van der Waals surface area contributed by atoms with Gasteiger partial charge in [-0.15, -0.1) is 0 Å². The van der Waals surface area contributed by atoms with E-state index in [1.807, 2.05) is 31.2 Å². The van der Waals surface area contributed by atoms with Crippen molar-refractivity contribution in [3.05, 3.63) is 89.7 Å². The molecule has 1 N–H and O–H groups in total. The van der Waals surface area contributed by atoms with E-state index in [1.54, 1.807) is 52.3 Å². The first-order valence-corrected chi connectivity index (χ1v) is 12.1. The lowest BCUT2D eigenvalue weighted by molar-refractivity contribution is -0.109. The Bertz CT molecular complexity index is 1270. The number of carbonyl (C=O) groups is 2. The molecule has 3 amide bonds. The number of fused-ring (bicyclic) bond motifs is 1. The number of amides is 3. The number of nitrogens with zero attached hydrogens (tertiary/aromatic N) is 2. The van der Waals surface area contributed by atoms with Gasteiger partial charge in [0, 0.05) is 31.5 Å². The van der Waals surface area contributed by atoms with Crippen LogP contribution in [0.5, 0.6) is 11.5 Å². The van der Waals surface area contributed by atoms with E-state index >= 15 is 0 Å². The highest BCUT2D eigenvalue weighted by molar-refractivity contribution is 5.98. The third-order valence-corrected chi connectivity index (χ3v) is 6.70. The highest BCUT2D eigenvalue weighted by Crippen LogP contribution is 2.40. The molecule has 1 fully saturated rings. The maximum Gasteiger partial charge on any atom is 0.321 e. The number of hydrogen-bond acceptors (Lipinski definition) is 4. The molecular formula is C28H28FN3O4. The summed E-state index contributed by atoms with van der Waals surface area (Å²) in [5, 5.41) is 2.93. The fourth-order valence-corrected chi connectivity index (χ4v) is 4.81. The number of carbonyl (C=O) groups excluding carboxylic acids is 2. The van der Waals surface area contributed by atoms with Crippen LogP contribution in [0.1, 0.15) is 35.7 Å². The van der Waals surface area contributed by atoms with Crippen molar-refractivity contribution in [1.82, 2.24) is 9.80 Å². The van der Waals surface area contributed by atoms with Crippen LogP contribution in [-0.4, -0.2) is 47.2 Å². The molecule has 36 heavy (non-hydrogen) atoms. The van der Waals surface area contributed by atoms with E-state index in [1.165, 1.54) is 6.07 Å². The summed E-state index contributed by atoms with van der Waals surface area (Å²) in [6.45, 7) is 3.19. The molecule has 0 aliphatic carbocycles. The standard InChI is InChI=1S/C28H28FN3O4/c1-2-35-25-14-8-6-12-23(25)30-27(34)31-17-15-28(16-18-31)32(19-20-9-3-5-11-22(20)29)26(33)21-10-4-7-13-24(21)36-28/h3-14H,2,15-19H2,1H3,(H,30,34). The molecule has 5 rings (SSSR count). The van der Waals surface area contributed by atoms with Gasteiger partial charge in [0.15, 0.2) is 5.72 Å². The summed E-state index contributed by atoms with van der Waals surface area (Å²) in [6.07, 6.45) is 0.782. The largest absolute Gasteiger partial charge is 0.492 e. The van der Waals surface area contributed by atoms with E-state index in [-0.39, 0.29) is 24.3 Å². The van der Waals surface area contributed by atoms with Crippen molar-refractivity contribution in [3.63, 3.8) is 0 Å². The van der Waals surface area contributed by atoms with E-state index in [0.29, 0.717) is 60.9 Å². The van der Waals surface area contributed by atoms with Crippen LogP contribution in [0.3, 0.4) is 0 Å². The molecule has 8 heteroatoms. The zero-order chi connectivity index (χ0) is 25.1. The van der Waals surface area contributed by atoms with E-state index < -0.39 is 5.72 Å². The summed E-state index contributed by atoms with van der Waals surface area (Å²) >= 11 is 0. The Morgan fingerprint density at radius 2 is 1.72 bits per heavy atom. The summed E-state index contributed by atoms with van der Waals surface area (Å²) in [6, 6.07) is 20.6. The van der Waals surface area contributed by atoms with Crippen molar-refractivity contribution < 1.29 is 23.5 Å². The van der Waals surface area contributed by atoms with Crippen molar-refractivity contribution in [2.45, 2.75) is 32.0 Å². The van der Waals surface area contributed by atoms with Crippen LogP contribution < -0.4 is 14.8 Å². The molecule has 0 unspecified atom stereocenters. The van der Waals surface area contributed by atoms with Crippen molar-refractivity contribution >= 4 is 17.6 Å². The number of piperidine rings is 1. The Kier molecular flexibility index (Phi) is 6.50. The van der Waals surface area contributed by atoms with Crippen molar-refractivity contribution in [1.29, 1.82) is 0 Å². The Morgan fingerprint density at radius 3 is 2.50 bits per heavy atom. The predicted molar refractivity (Wildman–Crippen MR) is 134 cm³/mol. The number of hydrogen-bond donors (Lipinski definition) is 1. The van der Waals surface area contributed by atoms with Crippen LogP contribution in [0, 0.1) is 5.82 Å². The van der Waals surface area contributed by atoms with Gasteiger partial charge in [-0.25, -0.2) is 9.18 Å². The first kappa shape index (κ1) is 23.7. The predicted octanol–water partition coefficient (Wildman–Crippen LogP) is 5.28. The molecule has 3 aromatic rings. The van der Waals surface area contributed by atoms with Crippen LogP contribution in [0.2, 0.25) is 0 Å². The lowest BCUT2D eigenvalue weighted by Gasteiger charge is -2.50. The number of rotatable bonds is 5. The minimum atomic E-state index is -0.978. The molecule has 7 nitrogen and oxygen atoms in total. The molecule has 0 radical (unpaired) electrons. The summed E-state index contributed by atoms with van der Waals surface area (Å²) in [7, 11) is 0. The average Bonchev–Trinajstić information content (AvgIpc) is 2.89. The SMILES string of the molecule is CCOc1ccccc1NC(=O)N1CCC2(CC1)Oc1ccccc1C(=O)N2Cc1ccccc1F. The highest BCUT2D eigenvalue weighted by Gasteiger charge is 2.49. The van der Waals surface area contributed by atoms with Gasteiger partial charge in [-0.1, -0.05) is 42.5 Å². The summed E-state index contributed by atoms with van der Waals surface area (Å²) in [5.74, 6) is 0.541. The van der Waals surface area contributed by atoms with Crippen LogP contribution in [0.25, 0.3) is 0 Å². The number of halogens is 1. The van der Waals surface area contributed by atoms with Gasteiger partial charge in [-0.3, -0.25) is 9.69 Å². The normalized spacial score (nSPS) is 16.3. The zero-order valence-electron chi connectivity index (χ0n) is 20.1. The fraction of sp³-hybridized carbons (Fsp3) is 0.286. The van der Waals surface area contributed by atoms with Crippen molar-refractivity contribution in [3.8, 4) is 11.5 Å². The lowest BCUT2D eigenvalue weighted by atomic mass is 9.93. The van der Waals surface area contributed by atoms with Gasteiger partial charge in [0.05, 0.1) is 24.4 Å². The fourth-order valence-electron chi connectivity index (χ4n) is 4.81. The van der Waals surface area contributed by atoms with Crippen molar-refractivity contribution in [2.75, 3.05) is 25.0 Å². The Balaban J connectivity index is 1.37. The quantitative estimate of drug-likeness (QED) is 0.529. The van der Waals surface area contributed by atoms with Gasteiger partial charge in [-0.2, -0.15) is 0 Å². The number of para-hydroxylation sites is 3. The minimum Gasteiger partial charge on any atom is -0.492 e. The van der Waals surface area contributed by atoms with E-state index in [2.05, 4.69) is 5.32 Å². The number of likely N-dealkylation sites (tertiary alicyclic amines) is 1. The van der Waals surface area contributed by atoms with Gasteiger partial charge in [0.2, 0.25) is 0 Å². The first-order valence-electron chi connectivity index (χ1n) is 12.1. The smallest absolute Gasteiger partial charge is 0.321 e. The van der Waals surface area contributed by atoms with Gasteiger partial charge in [0.25, 0.3) is 5.91 Å².